The van der Waals surface area contributed by atoms with Crippen molar-refractivity contribution in [1.29, 1.82) is 0 Å². The summed E-state index contributed by atoms with van der Waals surface area (Å²) in [5.74, 6) is 0. The number of aryl methyl sites for hydroxylation is 1. The van der Waals surface area contributed by atoms with Crippen LogP contribution in [0.25, 0.3) is 11.0 Å². The predicted molar refractivity (Wildman–Crippen MR) is 74.7 cm³/mol. The molecule has 0 radical (unpaired) electrons. The first-order chi connectivity index (χ1) is 8.72. The van der Waals surface area contributed by atoms with Gasteiger partial charge in [-0.1, -0.05) is 26.2 Å². The number of nitrogen functional groups attached to an aromatic ring is 1. The Labute approximate surface area is 107 Å². The van der Waals surface area contributed by atoms with E-state index in [9.17, 15) is 4.79 Å². The summed E-state index contributed by atoms with van der Waals surface area (Å²) in [4.78, 5) is 11.2. The van der Waals surface area contributed by atoms with E-state index in [0.29, 0.717) is 5.58 Å². The van der Waals surface area contributed by atoms with E-state index in [1.807, 2.05) is 12.1 Å². The fraction of sp³-hybridized carbons (Fsp3) is 0.400. The van der Waals surface area contributed by atoms with Gasteiger partial charge in [0, 0.05) is 17.1 Å². The first-order valence-corrected chi connectivity index (χ1v) is 6.53. The molecule has 0 unspecified atom stereocenters. The van der Waals surface area contributed by atoms with Crippen LogP contribution in [0.3, 0.4) is 0 Å². The number of hydrogen-bond acceptors (Lipinski definition) is 3. The molecule has 3 nitrogen and oxygen atoms in total. The lowest BCUT2D eigenvalue weighted by atomic mass is 10.0. The molecule has 18 heavy (non-hydrogen) atoms. The molecule has 0 fully saturated rings. The van der Waals surface area contributed by atoms with Crippen LogP contribution in [0.15, 0.2) is 33.5 Å². The number of unbranched alkanes of at least 4 members (excludes halogenated alkanes) is 3. The quantitative estimate of drug-likeness (QED) is 0.498. The molecule has 0 aliphatic carbocycles. The summed E-state index contributed by atoms with van der Waals surface area (Å²) in [6.07, 6.45) is 5.75. The topological polar surface area (TPSA) is 56.2 Å². The van der Waals surface area contributed by atoms with Gasteiger partial charge in [-0.3, -0.25) is 0 Å². The second-order valence-electron chi connectivity index (χ2n) is 4.61. The van der Waals surface area contributed by atoms with Crippen LogP contribution in [0.4, 0.5) is 5.69 Å². The molecule has 0 aliphatic heterocycles. The second-order valence-corrected chi connectivity index (χ2v) is 4.61. The zero-order valence-electron chi connectivity index (χ0n) is 10.7. The molecule has 2 rings (SSSR count). The highest BCUT2D eigenvalue weighted by molar-refractivity contribution is 5.85. The maximum atomic E-state index is 11.2. The summed E-state index contributed by atoms with van der Waals surface area (Å²) in [6, 6.07) is 6.85. The van der Waals surface area contributed by atoms with Crippen molar-refractivity contribution >= 4 is 16.7 Å². The summed E-state index contributed by atoms with van der Waals surface area (Å²) >= 11 is 0. The summed E-state index contributed by atoms with van der Waals surface area (Å²) in [5, 5.41) is 0.964. The summed E-state index contributed by atoms with van der Waals surface area (Å²) in [7, 11) is 0. The first-order valence-electron chi connectivity index (χ1n) is 6.53. The number of anilines is 1. The molecule has 0 aliphatic rings. The lowest BCUT2D eigenvalue weighted by Crippen LogP contribution is -2.00. The first kappa shape index (κ1) is 12.7. The number of nitrogens with two attached hydrogens (primary N) is 1. The third kappa shape index (κ3) is 2.73. The van der Waals surface area contributed by atoms with Gasteiger partial charge in [-0.2, -0.15) is 0 Å². The van der Waals surface area contributed by atoms with Crippen molar-refractivity contribution in [3.63, 3.8) is 0 Å². The Kier molecular flexibility index (Phi) is 4.03. The molecule has 96 valence electrons. The minimum atomic E-state index is -0.316. The monoisotopic (exact) mass is 245 g/mol. The molecular weight excluding hydrogens is 226 g/mol. The van der Waals surface area contributed by atoms with Crippen LogP contribution < -0.4 is 11.4 Å². The molecule has 0 saturated carbocycles. The maximum Gasteiger partial charge on any atom is 0.336 e. The Morgan fingerprint density at radius 2 is 1.94 bits per heavy atom. The summed E-state index contributed by atoms with van der Waals surface area (Å²) in [6.45, 7) is 2.20. The molecule has 0 bridgehead atoms. The fourth-order valence-electron chi connectivity index (χ4n) is 2.23. The van der Waals surface area contributed by atoms with Crippen LogP contribution in [-0.2, 0) is 6.42 Å². The van der Waals surface area contributed by atoms with Crippen molar-refractivity contribution in [2.75, 3.05) is 5.73 Å². The second kappa shape index (κ2) is 5.71. The van der Waals surface area contributed by atoms with E-state index in [1.165, 1.54) is 25.3 Å². The van der Waals surface area contributed by atoms with Crippen LogP contribution in [0.1, 0.15) is 38.2 Å². The zero-order valence-corrected chi connectivity index (χ0v) is 10.7. The zero-order chi connectivity index (χ0) is 13.0. The van der Waals surface area contributed by atoms with Crippen molar-refractivity contribution in [2.24, 2.45) is 0 Å². The Hall–Kier alpha value is -1.77. The fourth-order valence-corrected chi connectivity index (χ4v) is 2.23. The van der Waals surface area contributed by atoms with Crippen LogP contribution in [-0.4, -0.2) is 0 Å². The van der Waals surface area contributed by atoms with Crippen LogP contribution in [0.5, 0.6) is 0 Å². The third-order valence-electron chi connectivity index (χ3n) is 3.23. The molecule has 1 heterocycles. The minimum Gasteiger partial charge on any atom is -0.423 e. The van der Waals surface area contributed by atoms with E-state index < -0.39 is 0 Å². The third-order valence-corrected chi connectivity index (χ3v) is 3.23. The van der Waals surface area contributed by atoms with E-state index in [-0.39, 0.29) is 5.63 Å². The van der Waals surface area contributed by atoms with Gasteiger partial charge in [0.2, 0.25) is 0 Å². The van der Waals surface area contributed by atoms with E-state index in [4.69, 9.17) is 10.2 Å². The molecule has 0 amide bonds. The standard InChI is InChI=1S/C15H19NO2/c1-2-3-4-5-6-11-12-7-10-15(17)18-14(12)9-8-13(11)16/h7-10H,2-6,16H2,1H3. The van der Waals surface area contributed by atoms with Gasteiger partial charge in [0.25, 0.3) is 0 Å². The molecule has 0 atom stereocenters. The molecule has 0 spiro atoms. The van der Waals surface area contributed by atoms with Crippen molar-refractivity contribution in [3.05, 3.63) is 40.2 Å². The Morgan fingerprint density at radius 1 is 1.11 bits per heavy atom. The van der Waals surface area contributed by atoms with E-state index >= 15 is 0 Å². The Balaban J connectivity index is 2.30. The van der Waals surface area contributed by atoms with Gasteiger partial charge < -0.3 is 10.2 Å². The van der Waals surface area contributed by atoms with E-state index in [2.05, 4.69) is 6.92 Å². The van der Waals surface area contributed by atoms with Gasteiger partial charge in [-0.25, -0.2) is 4.79 Å². The largest absolute Gasteiger partial charge is 0.423 e. The molecule has 1 aromatic carbocycles. The van der Waals surface area contributed by atoms with Crippen molar-refractivity contribution in [1.82, 2.24) is 0 Å². The summed E-state index contributed by atoms with van der Waals surface area (Å²) in [5.41, 5.74) is 8.22. The lowest BCUT2D eigenvalue weighted by Gasteiger charge is -2.08. The number of fused-ring (bicyclic) bond motifs is 1. The van der Waals surface area contributed by atoms with Crippen LogP contribution in [0.2, 0.25) is 0 Å². The molecule has 2 aromatic rings. The highest BCUT2D eigenvalue weighted by atomic mass is 16.4. The maximum absolute atomic E-state index is 11.2. The molecule has 3 heteroatoms. The summed E-state index contributed by atoms with van der Waals surface area (Å²) < 4.78 is 5.17. The highest BCUT2D eigenvalue weighted by Gasteiger charge is 2.07. The Bertz CT molecular complexity index is 587. The van der Waals surface area contributed by atoms with Crippen molar-refractivity contribution in [3.8, 4) is 0 Å². The Morgan fingerprint density at radius 3 is 2.72 bits per heavy atom. The van der Waals surface area contributed by atoms with Crippen molar-refractivity contribution in [2.45, 2.75) is 39.0 Å². The molecule has 2 N–H and O–H groups in total. The smallest absolute Gasteiger partial charge is 0.336 e. The predicted octanol–water partition coefficient (Wildman–Crippen LogP) is 3.50. The highest BCUT2D eigenvalue weighted by Crippen LogP contribution is 2.25. The van der Waals surface area contributed by atoms with E-state index in [1.54, 1.807) is 6.07 Å². The van der Waals surface area contributed by atoms with Gasteiger partial charge in [-0.15, -0.1) is 0 Å². The molecular formula is C15H19NO2. The van der Waals surface area contributed by atoms with E-state index in [0.717, 1.165) is 29.5 Å². The number of rotatable bonds is 5. The average Bonchev–Trinajstić information content (AvgIpc) is 2.37. The van der Waals surface area contributed by atoms with Crippen molar-refractivity contribution < 1.29 is 4.42 Å². The van der Waals surface area contributed by atoms with Crippen LogP contribution >= 0.6 is 0 Å². The number of hydrogen-bond donors (Lipinski definition) is 1. The SMILES string of the molecule is CCCCCCc1c(N)ccc2oc(=O)ccc12. The van der Waals surface area contributed by atoms with Gasteiger partial charge in [-0.05, 0) is 36.6 Å². The van der Waals surface area contributed by atoms with Gasteiger partial charge in [0.15, 0.2) is 0 Å². The normalized spacial score (nSPS) is 10.9. The minimum absolute atomic E-state index is 0.316. The van der Waals surface area contributed by atoms with Gasteiger partial charge in [0.1, 0.15) is 5.58 Å². The molecule has 1 aromatic heterocycles. The van der Waals surface area contributed by atoms with Crippen LogP contribution in [0, 0.1) is 0 Å². The average molecular weight is 245 g/mol. The molecule has 0 saturated heterocycles. The lowest BCUT2D eigenvalue weighted by molar-refractivity contribution is 0.560. The number of benzene rings is 1. The van der Waals surface area contributed by atoms with Gasteiger partial charge >= 0.3 is 5.63 Å². The van der Waals surface area contributed by atoms with Gasteiger partial charge in [0.05, 0.1) is 0 Å².